The summed E-state index contributed by atoms with van der Waals surface area (Å²) >= 11 is 6.09. The highest BCUT2D eigenvalue weighted by Crippen LogP contribution is 2.26. The molecule has 2 aromatic carbocycles. The van der Waals surface area contributed by atoms with Crippen molar-refractivity contribution >= 4 is 27.4 Å². The lowest BCUT2D eigenvalue weighted by Gasteiger charge is -2.33. The zero-order chi connectivity index (χ0) is 23.8. The van der Waals surface area contributed by atoms with E-state index in [-0.39, 0.29) is 41.2 Å². The quantitative estimate of drug-likeness (QED) is 0.489. The molecule has 1 aromatic heterocycles. The number of halogens is 2. The molecule has 1 fully saturated rings. The number of rotatable bonds is 6. The third kappa shape index (κ3) is 4.75. The Morgan fingerprint density at radius 3 is 2.27 bits per heavy atom. The van der Waals surface area contributed by atoms with Crippen LogP contribution in [0.25, 0.3) is 5.69 Å². The summed E-state index contributed by atoms with van der Waals surface area (Å²) in [5, 5.41) is 0.201. The molecule has 0 bridgehead atoms. The molecular weight excluding hydrogens is 465 g/mol. The normalized spacial score (nSPS) is 15.6. The van der Waals surface area contributed by atoms with Crippen molar-refractivity contribution in [3.63, 3.8) is 0 Å². The molecule has 33 heavy (non-hydrogen) atoms. The van der Waals surface area contributed by atoms with Gasteiger partial charge in [0.2, 0.25) is 10.0 Å². The number of hydrogen-bond donors (Lipinski definition) is 0. The molecule has 9 heteroatoms. The van der Waals surface area contributed by atoms with Crippen molar-refractivity contribution in [2.45, 2.75) is 18.7 Å². The van der Waals surface area contributed by atoms with Crippen molar-refractivity contribution in [3.05, 3.63) is 82.4 Å². The Hall–Kier alpha value is -2.52. The molecular formula is C24H25ClFN3O3S. The van der Waals surface area contributed by atoms with Gasteiger partial charge in [-0.25, -0.2) is 12.8 Å². The molecule has 0 saturated carbocycles. The number of carbonyl (C=O) groups is 1. The van der Waals surface area contributed by atoms with Gasteiger partial charge in [0.1, 0.15) is 10.7 Å². The SMILES string of the molecule is Cc1cc(C(=O)CN2CCN(S(=O)(=O)c3ccccc3Cl)CC2)c(C)n1-c1ccc(F)cc1. The number of piperazine rings is 1. The van der Waals surface area contributed by atoms with Gasteiger partial charge in [-0.2, -0.15) is 4.31 Å². The van der Waals surface area contributed by atoms with Crippen LogP contribution in [0.1, 0.15) is 21.7 Å². The van der Waals surface area contributed by atoms with Crippen molar-refractivity contribution < 1.29 is 17.6 Å². The van der Waals surface area contributed by atoms with E-state index in [2.05, 4.69) is 0 Å². The van der Waals surface area contributed by atoms with Crippen LogP contribution < -0.4 is 0 Å². The van der Waals surface area contributed by atoms with Crippen molar-refractivity contribution in [3.8, 4) is 5.69 Å². The van der Waals surface area contributed by atoms with Crippen LogP contribution in [0, 0.1) is 19.7 Å². The van der Waals surface area contributed by atoms with Gasteiger partial charge in [-0.15, -0.1) is 0 Å². The molecule has 3 aromatic rings. The largest absolute Gasteiger partial charge is 0.318 e. The number of aromatic nitrogens is 1. The first kappa shape index (κ1) is 23.6. The van der Waals surface area contributed by atoms with E-state index in [0.717, 1.165) is 17.1 Å². The summed E-state index contributed by atoms with van der Waals surface area (Å²) in [6.45, 7) is 5.46. The van der Waals surface area contributed by atoms with Crippen molar-refractivity contribution in [2.75, 3.05) is 32.7 Å². The van der Waals surface area contributed by atoms with E-state index in [1.807, 2.05) is 29.4 Å². The van der Waals surface area contributed by atoms with Crippen LogP contribution in [0.4, 0.5) is 4.39 Å². The smallest absolute Gasteiger partial charge is 0.244 e. The van der Waals surface area contributed by atoms with Crippen molar-refractivity contribution in [1.82, 2.24) is 13.8 Å². The second kappa shape index (κ2) is 9.38. The highest BCUT2D eigenvalue weighted by atomic mass is 35.5. The summed E-state index contributed by atoms with van der Waals surface area (Å²) in [5.41, 5.74) is 3.09. The average Bonchev–Trinajstić information content (AvgIpc) is 3.09. The highest BCUT2D eigenvalue weighted by Gasteiger charge is 2.31. The lowest BCUT2D eigenvalue weighted by molar-refractivity contribution is 0.0901. The molecule has 0 spiro atoms. The molecule has 0 amide bonds. The molecule has 0 unspecified atom stereocenters. The van der Waals surface area contributed by atoms with Gasteiger partial charge in [0.25, 0.3) is 0 Å². The number of ketones is 1. The number of nitrogens with zero attached hydrogens (tertiary/aromatic N) is 3. The summed E-state index contributed by atoms with van der Waals surface area (Å²) in [4.78, 5) is 15.1. The topological polar surface area (TPSA) is 62.6 Å². The molecule has 0 atom stereocenters. The fourth-order valence-electron chi connectivity index (χ4n) is 4.24. The number of benzene rings is 2. The van der Waals surface area contributed by atoms with E-state index in [0.29, 0.717) is 18.7 Å². The number of hydrogen-bond acceptors (Lipinski definition) is 4. The van der Waals surface area contributed by atoms with E-state index in [4.69, 9.17) is 11.6 Å². The van der Waals surface area contributed by atoms with E-state index in [1.54, 1.807) is 30.3 Å². The number of carbonyl (C=O) groups excluding carboxylic acids is 1. The van der Waals surface area contributed by atoms with Gasteiger partial charge in [-0.3, -0.25) is 9.69 Å². The Labute approximate surface area is 198 Å². The summed E-state index contributed by atoms with van der Waals surface area (Å²) < 4.78 is 42.5. The van der Waals surface area contributed by atoms with Crippen LogP contribution in [0.5, 0.6) is 0 Å². The molecule has 0 aliphatic carbocycles. The minimum absolute atomic E-state index is 0.0288. The second-order valence-electron chi connectivity index (χ2n) is 8.13. The summed E-state index contributed by atoms with van der Waals surface area (Å²) in [6, 6.07) is 14.4. The van der Waals surface area contributed by atoms with Gasteiger partial charge in [0.15, 0.2) is 5.78 Å². The number of aryl methyl sites for hydroxylation is 1. The van der Waals surface area contributed by atoms with Gasteiger partial charge in [-0.1, -0.05) is 23.7 Å². The fraction of sp³-hybridized carbons (Fsp3) is 0.292. The van der Waals surface area contributed by atoms with E-state index in [1.165, 1.54) is 22.5 Å². The Morgan fingerprint density at radius 2 is 1.64 bits per heavy atom. The third-order valence-corrected chi connectivity index (χ3v) is 8.37. The first-order valence-corrected chi connectivity index (χ1v) is 12.5. The fourth-order valence-corrected chi connectivity index (χ4v) is 6.16. The van der Waals surface area contributed by atoms with Gasteiger partial charge in [-0.05, 0) is 56.3 Å². The van der Waals surface area contributed by atoms with Crippen LogP contribution in [-0.2, 0) is 10.0 Å². The highest BCUT2D eigenvalue weighted by molar-refractivity contribution is 7.89. The molecule has 6 nitrogen and oxygen atoms in total. The molecule has 1 saturated heterocycles. The Balaban J connectivity index is 1.43. The van der Waals surface area contributed by atoms with Gasteiger partial charge >= 0.3 is 0 Å². The predicted molar refractivity (Wildman–Crippen MR) is 126 cm³/mol. The Kier molecular flexibility index (Phi) is 6.72. The van der Waals surface area contributed by atoms with E-state index in [9.17, 15) is 17.6 Å². The zero-order valence-corrected chi connectivity index (χ0v) is 20.0. The summed E-state index contributed by atoms with van der Waals surface area (Å²) in [5.74, 6) is -0.341. The third-order valence-electron chi connectivity index (χ3n) is 5.97. The van der Waals surface area contributed by atoms with E-state index < -0.39 is 10.0 Å². The lowest BCUT2D eigenvalue weighted by atomic mass is 10.1. The first-order valence-electron chi connectivity index (χ1n) is 10.6. The van der Waals surface area contributed by atoms with Crippen molar-refractivity contribution in [2.24, 2.45) is 0 Å². The van der Waals surface area contributed by atoms with Crippen LogP contribution in [0.2, 0.25) is 5.02 Å². The van der Waals surface area contributed by atoms with Gasteiger partial charge in [0.05, 0.1) is 11.6 Å². The maximum Gasteiger partial charge on any atom is 0.244 e. The predicted octanol–water partition coefficient (Wildman–Crippen LogP) is 4.08. The maximum atomic E-state index is 13.3. The monoisotopic (exact) mass is 489 g/mol. The standard InChI is InChI=1S/C24H25ClFN3O3S/c1-17-15-21(18(2)29(17)20-9-7-19(26)8-10-20)23(30)16-27-11-13-28(14-12-27)33(31,32)24-6-4-3-5-22(24)25/h3-10,15H,11-14,16H2,1-2H3. The van der Waals surface area contributed by atoms with Crippen LogP contribution in [0.3, 0.4) is 0 Å². The van der Waals surface area contributed by atoms with Crippen LogP contribution >= 0.6 is 11.6 Å². The summed E-state index contributed by atoms with van der Waals surface area (Å²) in [7, 11) is -3.68. The molecule has 1 aliphatic rings. The number of sulfonamides is 1. The van der Waals surface area contributed by atoms with Gasteiger partial charge < -0.3 is 4.57 Å². The van der Waals surface area contributed by atoms with Crippen molar-refractivity contribution in [1.29, 1.82) is 0 Å². The van der Waals surface area contributed by atoms with Crippen LogP contribution in [-0.4, -0.2) is 60.7 Å². The molecule has 0 N–H and O–H groups in total. The zero-order valence-electron chi connectivity index (χ0n) is 18.5. The average molecular weight is 490 g/mol. The molecule has 1 aliphatic heterocycles. The minimum Gasteiger partial charge on any atom is -0.318 e. The second-order valence-corrected chi connectivity index (χ2v) is 10.4. The molecule has 0 radical (unpaired) electrons. The number of Topliss-reactive ketones (excluding diaryl/α,β-unsaturated/α-hetero) is 1. The molecule has 2 heterocycles. The maximum absolute atomic E-state index is 13.3. The Bertz CT molecular complexity index is 1280. The van der Waals surface area contributed by atoms with Gasteiger partial charge in [0, 0.05) is 48.8 Å². The Morgan fingerprint density at radius 1 is 1.00 bits per heavy atom. The minimum atomic E-state index is -3.68. The molecule has 4 rings (SSSR count). The van der Waals surface area contributed by atoms with Crippen LogP contribution in [0.15, 0.2) is 59.5 Å². The first-order chi connectivity index (χ1) is 15.7. The van der Waals surface area contributed by atoms with E-state index >= 15 is 0 Å². The summed E-state index contributed by atoms with van der Waals surface area (Å²) in [6.07, 6.45) is 0. The lowest BCUT2D eigenvalue weighted by Crippen LogP contribution is -2.49. The molecule has 174 valence electrons.